The highest BCUT2D eigenvalue weighted by atomic mass is 19.1. The summed E-state index contributed by atoms with van der Waals surface area (Å²) >= 11 is 0. The van der Waals surface area contributed by atoms with Crippen LogP contribution in [-0.2, 0) is 42.3 Å². The zero-order valence-corrected chi connectivity index (χ0v) is 75.3. The average molecular weight is 1670 g/mol. The Morgan fingerprint density at radius 2 is 0.584 bits per heavy atom. The third kappa shape index (κ3) is 19.7. The maximum absolute atomic E-state index is 13.3. The molecule has 18 aromatic rings. The van der Waals surface area contributed by atoms with Gasteiger partial charge in [0.1, 0.15) is 57.4 Å². The summed E-state index contributed by atoms with van der Waals surface area (Å²) in [5.41, 5.74) is 30.9. The van der Waals surface area contributed by atoms with Crippen LogP contribution in [0.4, 0.5) is 17.6 Å². The van der Waals surface area contributed by atoms with Gasteiger partial charge in [-0.3, -0.25) is 0 Å². The Morgan fingerprint density at radius 1 is 0.256 bits per heavy atom. The van der Waals surface area contributed by atoms with Crippen molar-refractivity contribution < 1.29 is 45.0 Å². The van der Waals surface area contributed by atoms with E-state index in [9.17, 15) is 17.6 Å². The SMILES string of the molecule is CCC(CC)c1ccc2c(-c3ccccc3C)[n+](C)cnc2c1.CCC(CC)c1ccc2nc[n+](C)c(-c3ccccc3C)c2c1.Cc1cc(F)ccc1-c1c2cccc(C)c2nc[n+]1C.Cc1cc(F)ccc1-c1c2ccccc2nc(C)[n+]1C.Cc1cc(F)ccc1-c1c2ccccc2nc[n+]1C.Cc1ccc2c(-c3ccc(F)cc3C)[n+](C)cnc2c1. The van der Waals surface area contributed by atoms with Crippen LogP contribution in [0.1, 0.15) is 127 Å². The molecule has 125 heavy (non-hydrogen) atoms. The van der Waals surface area contributed by atoms with E-state index in [2.05, 4.69) is 234 Å². The van der Waals surface area contributed by atoms with Gasteiger partial charge in [0.15, 0.2) is 33.1 Å². The number of aromatic nitrogens is 12. The Balaban J connectivity index is 0.000000129. The first-order chi connectivity index (χ1) is 60.2. The molecule has 12 aromatic carbocycles. The van der Waals surface area contributed by atoms with Crippen molar-refractivity contribution in [3.8, 4) is 67.5 Å². The lowest BCUT2D eigenvalue weighted by Crippen LogP contribution is -2.36. The Labute approximate surface area is 732 Å². The molecule has 0 fully saturated rings. The fourth-order valence-corrected chi connectivity index (χ4v) is 17.1. The van der Waals surface area contributed by atoms with E-state index in [1.165, 1.54) is 111 Å². The van der Waals surface area contributed by atoms with Crippen molar-refractivity contribution in [1.82, 2.24) is 29.9 Å². The summed E-state index contributed by atoms with van der Waals surface area (Å²) in [4.78, 5) is 27.2. The lowest BCUT2D eigenvalue weighted by atomic mass is 9.91. The number of halogens is 4. The van der Waals surface area contributed by atoms with Gasteiger partial charge in [-0.15, -0.1) is 0 Å². The quantitative estimate of drug-likeness (QED) is 0.0892. The predicted octanol–water partition coefficient (Wildman–Crippen LogP) is 23.5. The first-order valence-corrected chi connectivity index (χ1v) is 42.9. The average Bonchev–Trinajstić information content (AvgIpc) is 0.798. The van der Waals surface area contributed by atoms with Gasteiger partial charge in [0, 0.05) is 45.9 Å². The van der Waals surface area contributed by atoms with E-state index >= 15 is 0 Å². The third-order valence-electron chi connectivity index (χ3n) is 24.0. The van der Waals surface area contributed by atoms with Crippen LogP contribution in [0, 0.1) is 85.6 Å². The minimum Gasteiger partial charge on any atom is -0.232 e. The Bertz CT molecular complexity index is 7020. The third-order valence-corrected chi connectivity index (χ3v) is 24.0. The van der Waals surface area contributed by atoms with Crippen molar-refractivity contribution >= 4 is 65.4 Å². The molecular weight excluding hydrogens is 1550 g/mol. The van der Waals surface area contributed by atoms with Crippen molar-refractivity contribution in [3.63, 3.8) is 0 Å². The lowest BCUT2D eigenvalue weighted by Gasteiger charge is -2.14. The minimum atomic E-state index is -0.206. The van der Waals surface area contributed by atoms with E-state index < -0.39 is 0 Å². The standard InChI is InChI=1S/2C21H25N2.3C17H16FN2.C16H14FN2/c1-5-16(6-2)17-11-12-20-19(13-17)21(23(4)14-22-20)18-10-8-7-9-15(18)3;1-5-16(6-2)17-11-12-19-20(13-17)22-14-23(4)21(19)18-10-8-7-9-15(18)3;1-11-4-6-15-16(8-11)19-10-20(3)17(15)14-7-5-13(18)9-12(14)2;1-11-5-4-6-15-16(11)19-10-20(3)17(15)14-8-7-13(18)9-12(14)2;1-11-10-13(18)8-9-14(11)17-15-6-4-5-7-16(15)19-12(2)20(17)3;1-11-9-12(17)7-8-13(11)16-14-5-3-4-6-15(14)18-10-19(16)2/h2*7-14,16H,5-6H2,1-4H3;3*4-10H,1-3H3;3-10H,1-2H3/q6*+1. The smallest absolute Gasteiger partial charge is 0.232 e. The summed E-state index contributed by atoms with van der Waals surface area (Å²) in [7, 11) is 12.0. The number of fused-ring (bicyclic) bond motifs is 6. The van der Waals surface area contributed by atoms with E-state index in [0.717, 1.165) is 133 Å². The van der Waals surface area contributed by atoms with Crippen molar-refractivity contribution in [1.29, 1.82) is 0 Å². The van der Waals surface area contributed by atoms with Crippen molar-refractivity contribution in [2.45, 2.75) is 128 Å². The Kier molecular flexibility index (Phi) is 28.3. The number of hydrogen-bond acceptors (Lipinski definition) is 6. The predicted molar refractivity (Wildman–Crippen MR) is 499 cm³/mol. The maximum Gasteiger partial charge on any atom is 0.296 e. The van der Waals surface area contributed by atoms with E-state index in [1.807, 2.05) is 168 Å². The molecule has 0 bridgehead atoms. The second-order valence-electron chi connectivity index (χ2n) is 32.7. The highest BCUT2D eigenvalue weighted by Gasteiger charge is 2.26. The van der Waals surface area contributed by atoms with Crippen LogP contribution in [0.25, 0.3) is 133 Å². The van der Waals surface area contributed by atoms with Gasteiger partial charge >= 0.3 is 0 Å². The van der Waals surface area contributed by atoms with Crippen LogP contribution in [0.3, 0.4) is 0 Å². The molecule has 16 heteroatoms. The number of rotatable bonds is 12. The van der Waals surface area contributed by atoms with Gasteiger partial charge in [-0.2, -0.15) is 0 Å². The van der Waals surface area contributed by atoms with Crippen LogP contribution >= 0.6 is 0 Å². The van der Waals surface area contributed by atoms with Crippen LogP contribution in [0.15, 0.2) is 274 Å². The molecule has 630 valence electrons. The molecule has 18 rings (SSSR count). The van der Waals surface area contributed by atoms with Crippen molar-refractivity contribution in [2.24, 2.45) is 42.3 Å². The molecule has 0 atom stereocenters. The Hall–Kier alpha value is -13.6. The monoisotopic (exact) mass is 1660 g/mol. The molecule has 0 spiro atoms. The van der Waals surface area contributed by atoms with Crippen LogP contribution in [-0.4, -0.2) is 29.9 Å². The summed E-state index contributed by atoms with van der Waals surface area (Å²) in [6.07, 6.45) is 14.0. The fourth-order valence-electron chi connectivity index (χ4n) is 17.1. The summed E-state index contributed by atoms with van der Waals surface area (Å²) in [5, 5.41) is 6.78. The van der Waals surface area contributed by atoms with Gasteiger partial charge in [0.05, 0.1) is 74.6 Å². The number of aryl methyl sites for hydroxylation is 14. The number of para-hydroxylation sites is 3. The van der Waals surface area contributed by atoms with E-state index in [-0.39, 0.29) is 23.3 Å². The molecule has 0 unspecified atom stereocenters. The van der Waals surface area contributed by atoms with Crippen molar-refractivity contribution in [3.05, 3.63) is 359 Å². The lowest BCUT2D eigenvalue weighted by molar-refractivity contribution is -0.668. The van der Waals surface area contributed by atoms with Gasteiger partial charge in [-0.1, -0.05) is 131 Å². The zero-order chi connectivity index (χ0) is 89.0. The molecule has 6 heterocycles. The minimum absolute atomic E-state index is 0.205. The highest BCUT2D eigenvalue weighted by Crippen LogP contribution is 2.37. The number of hydrogen-bond donors (Lipinski definition) is 0. The second kappa shape index (κ2) is 39.7. The first-order valence-electron chi connectivity index (χ1n) is 42.9. The highest BCUT2D eigenvalue weighted by molar-refractivity contribution is 5.97. The van der Waals surface area contributed by atoms with Crippen molar-refractivity contribution in [2.75, 3.05) is 0 Å². The van der Waals surface area contributed by atoms with Crippen LogP contribution in [0.2, 0.25) is 0 Å². The summed E-state index contributed by atoms with van der Waals surface area (Å²) in [6, 6.07) is 78.7. The fraction of sp³-hybridized carbons (Fsp3) is 0.229. The summed E-state index contributed by atoms with van der Waals surface area (Å²) in [6.45, 7) is 27.2. The molecule has 0 saturated carbocycles. The van der Waals surface area contributed by atoms with Crippen LogP contribution in [0.5, 0.6) is 0 Å². The molecule has 0 aliphatic heterocycles. The van der Waals surface area contributed by atoms with Gasteiger partial charge in [-0.05, 0) is 312 Å². The largest absolute Gasteiger partial charge is 0.296 e. The molecular formula is C109H112F4N12+6. The summed E-state index contributed by atoms with van der Waals surface area (Å²) in [5.74, 6) is 1.35. The second-order valence-corrected chi connectivity index (χ2v) is 32.7. The normalized spacial score (nSPS) is 11.1. The van der Waals surface area contributed by atoms with E-state index in [1.54, 1.807) is 36.9 Å². The van der Waals surface area contributed by atoms with Gasteiger partial charge in [0.25, 0.3) is 37.5 Å². The molecule has 0 saturated heterocycles. The zero-order valence-electron chi connectivity index (χ0n) is 75.3. The molecule has 0 amide bonds. The maximum atomic E-state index is 13.3. The molecule has 0 aliphatic rings. The Morgan fingerprint density at radius 3 is 1.04 bits per heavy atom. The first kappa shape index (κ1) is 89.2. The molecule has 0 aliphatic carbocycles. The van der Waals surface area contributed by atoms with E-state index in [4.69, 9.17) is 0 Å². The van der Waals surface area contributed by atoms with E-state index in [0.29, 0.717) is 11.8 Å². The van der Waals surface area contributed by atoms with Gasteiger partial charge in [-0.25, -0.2) is 45.0 Å². The topological polar surface area (TPSA) is 101 Å². The summed E-state index contributed by atoms with van der Waals surface area (Å²) < 4.78 is 65.5. The number of benzene rings is 12. The molecule has 6 aromatic heterocycles. The number of nitrogens with zero attached hydrogens (tertiary/aromatic N) is 12. The molecule has 0 radical (unpaired) electrons. The molecule has 12 nitrogen and oxygen atoms in total. The van der Waals surface area contributed by atoms with Crippen LogP contribution < -0.4 is 27.4 Å². The van der Waals surface area contributed by atoms with Gasteiger partial charge in [0.2, 0.25) is 0 Å². The molecule has 0 N–H and O–H groups in total. The van der Waals surface area contributed by atoms with Gasteiger partial charge < -0.3 is 0 Å².